The summed E-state index contributed by atoms with van der Waals surface area (Å²) in [6.07, 6.45) is -0.109. The van der Waals surface area contributed by atoms with Gasteiger partial charge in [-0.25, -0.2) is 9.37 Å². The summed E-state index contributed by atoms with van der Waals surface area (Å²) < 4.78 is 19.3. The molecule has 1 aliphatic rings. The number of amides is 1. The van der Waals surface area contributed by atoms with Crippen molar-refractivity contribution in [3.05, 3.63) is 59.7 Å². The van der Waals surface area contributed by atoms with Gasteiger partial charge in [0.2, 0.25) is 0 Å². The van der Waals surface area contributed by atoms with Gasteiger partial charge in [0.15, 0.2) is 0 Å². The molecule has 0 spiro atoms. The van der Waals surface area contributed by atoms with Gasteiger partial charge in [-0.05, 0) is 29.8 Å². The molecule has 0 unspecified atom stereocenters. The number of halogens is 3. The number of nitrogens with one attached hydrogen (secondary N) is 3. The first-order chi connectivity index (χ1) is 12.7. The predicted molar refractivity (Wildman–Crippen MR) is 111 cm³/mol. The summed E-state index contributed by atoms with van der Waals surface area (Å²) in [6, 6.07) is 12.1. The normalized spacial score (nSPS) is 16.1. The van der Waals surface area contributed by atoms with E-state index in [1.54, 1.807) is 24.3 Å². The van der Waals surface area contributed by atoms with Crippen LogP contribution in [0.5, 0.6) is 0 Å². The molecule has 1 atom stereocenters. The third-order valence-corrected chi connectivity index (χ3v) is 4.33. The number of carbonyl (C=O) groups is 1. The maximum Gasteiger partial charge on any atom is 0.254 e. The van der Waals surface area contributed by atoms with Gasteiger partial charge in [-0.1, -0.05) is 18.2 Å². The Kier molecular flexibility index (Phi) is 7.77. The number of imidazole rings is 1. The number of anilines is 1. The largest absolute Gasteiger partial charge is 0.366 e. The van der Waals surface area contributed by atoms with E-state index in [4.69, 9.17) is 4.74 Å². The minimum absolute atomic E-state index is 0. The lowest BCUT2D eigenvalue weighted by molar-refractivity contribution is -0.128. The Morgan fingerprint density at radius 3 is 2.82 bits per heavy atom. The van der Waals surface area contributed by atoms with E-state index in [1.165, 1.54) is 6.07 Å². The van der Waals surface area contributed by atoms with Crippen molar-refractivity contribution in [1.82, 2.24) is 15.3 Å². The highest BCUT2D eigenvalue weighted by atomic mass is 35.5. The van der Waals surface area contributed by atoms with Crippen LogP contribution in [0.3, 0.4) is 0 Å². The average molecular weight is 427 g/mol. The van der Waals surface area contributed by atoms with Crippen molar-refractivity contribution in [3.63, 3.8) is 0 Å². The second kappa shape index (κ2) is 9.84. The number of aromatic amines is 1. The first kappa shape index (κ1) is 22.1. The van der Waals surface area contributed by atoms with E-state index in [0.29, 0.717) is 36.6 Å². The number of hydrogen-bond acceptors (Lipinski definition) is 4. The number of aromatic nitrogens is 2. The fourth-order valence-corrected chi connectivity index (χ4v) is 3.00. The molecule has 1 amide bonds. The van der Waals surface area contributed by atoms with Crippen molar-refractivity contribution in [1.29, 1.82) is 0 Å². The Balaban J connectivity index is 0.00000140. The van der Waals surface area contributed by atoms with Crippen molar-refractivity contribution in [2.75, 3.05) is 25.0 Å². The summed E-state index contributed by atoms with van der Waals surface area (Å²) in [5.74, 6) is 0.248. The number of rotatable bonds is 4. The van der Waals surface area contributed by atoms with Gasteiger partial charge in [0.05, 0.1) is 17.6 Å². The molecular formula is C19H21Cl2FN4O2. The van der Waals surface area contributed by atoms with Crippen LogP contribution in [0, 0.1) is 5.82 Å². The van der Waals surface area contributed by atoms with Crippen LogP contribution in [0.4, 0.5) is 10.1 Å². The highest BCUT2D eigenvalue weighted by Crippen LogP contribution is 2.20. The van der Waals surface area contributed by atoms with Crippen molar-refractivity contribution in [3.8, 4) is 0 Å². The number of carbonyl (C=O) groups excluding carboxylic acids is 1. The molecule has 6 nitrogen and oxygen atoms in total. The van der Waals surface area contributed by atoms with Gasteiger partial charge in [0.25, 0.3) is 5.91 Å². The molecule has 9 heteroatoms. The van der Waals surface area contributed by atoms with Crippen molar-refractivity contribution in [2.45, 2.75) is 12.5 Å². The summed E-state index contributed by atoms with van der Waals surface area (Å²) in [5.41, 5.74) is 2.81. The second-order valence-corrected chi connectivity index (χ2v) is 6.24. The first-order valence-electron chi connectivity index (χ1n) is 8.54. The smallest absolute Gasteiger partial charge is 0.254 e. The standard InChI is InChI=1S/C19H19FN4O2.2ClH/c20-14-4-2-1-3-12(14)9-18-23-15-6-5-13(10-16(15)24-18)22-19(25)17-11-21-7-8-26-17;;/h1-6,10,17,21H,7-9,11H2,(H,22,25)(H,23,24);2*1H/t17-;;/m1../s1. The first-order valence-corrected chi connectivity index (χ1v) is 8.54. The lowest BCUT2D eigenvalue weighted by Crippen LogP contribution is -2.45. The van der Waals surface area contributed by atoms with E-state index in [2.05, 4.69) is 20.6 Å². The number of H-pyrrole nitrogens is 1. The maximum atomic E-state index is 13.8. The van der Waals surface area contributed by atoms with E-state index < -0.39 is 6.10 Å². The summed E-state index contributed by atoms with van der Waals surface area (Å²) in [7, 11) is 0. The molecule has 28 heavy (non-hydrogen) atoms. The van der Waals surface area contributed by atoms with Crippen molar-refractivity contribution < 1.29 is 13.9 Å². The summed E-state index contributed by atoms with van der Waals surface area (Å²) >= 11 is 0. The van der Waals surface area contributed by atoms with Crippen molar-refractivity contribution in [2.24, 2.45) is 0 Å². The highest BCUT2D eigenvalue weighted by Gasteiger charge is 2.21. The molecule has 0 radical (unpaired) electrons. The van der Waals surface area contributed by atoms with Gasteiger partial charge >= 0.3 is 0 Å². The Morgan fingerprint density at radius 2 is 2.07 bits per heavy atom. The van der Waals surface area contributed by atoms with Crippen LogP contribution in [0.15, 0.2) is 42.5 Å². The van der Waals surface area contributed by atoms with Crippen LogP contribution in [0.2, 0.25) is 0 Å². The predicted octanol–water partition coefficient (Wildman–Crippen LogP) is 3.06. The Bertz CT molecular complexity index is 945. The minimum Gasteiger partial charge on any atom is -0.366 e. The van der Waals surface area contributed by atoms with E-state index >= 15 is 0 Å². The lowest BCUT2D eigenvalue weighted by Gasteiger charge is -2.22. The third-order valence-electron chi connectivity index (χ3n) is 4.33. The third kappa shape index (κ3) is 4.99. The number of fused-ring (bicyclic) bond motifs is 1. The molecule has 3 aromatic rings. The molecule has 0 saturated carbocycles. The molecule has 2 heterocycles. The SMILES string of the molecule is Cl.Cl.O=C(Nc1ccc2nc(Cc3ccccc3F)[nH]c2c1)[C@H]1CNCCO1. The Hall–Kier alpha value is -2.19. The Labute approximate surface area is 174 Å². The number of morpholine rings is 1. The fraction of sp³-hybridized carbons (Fsp3) is 0.263. The molecule has 2 aromatic carbocycles. The molecule has 1 aliphatic heterocycles. The van der Waals surface area contributed by atoms with Crippen LogP contribution in [0.1, 0.15) is 11.4 Å². The zero-order valence-electron chi connectivity index (χ0n) is 14.9. The number of nitrogens with zero attached hydrogens (tertiary/aromatic N) is 1. The average Bonchev–Trinajstić information content (AvgIpc) is 3.06. The van der Waals surface area contributed by atoms with Gasteiger partial charge in [-0.15, -0.1) is 24.8 Å². The van der Waals surface area contributed by atoms with Gasteiger partial charge in [0.1, 0.15) is 17.7 Å². The van der Waals surface area contributed by atoms with Gasteiger partial charge < -0.3 is 20.4 Å². The Morgan fingerprint density at radius 1 is 1.25 bits per heavy atom. The molecule has 150 valence electrons. The van der Waals surface area contributed by atoms with Crippen LogP contribution in [-0.2, 0) is 16.0 Å². The zero-order chi connectivity index (χ0) is 17.9. The zero-order valence-corrected chi connectivity index (χ0v) is 16.5. The number of hydrogen-bond donors (Lipinski definition) is 3. The van der Waals surface area contributed by atoms with Gasteiger partial charge in [-0.2, -0.15) is 0 Å². The molecule has 1 saturated heterocycles. The van der Waals surface area contributed by atoms with E-state index in [9.17, 15) is 9.18 Å². The van der Waals surface area contributed by atoms with E-state index in [0.717, 1.165) is 17.6 Å². The quantitative estimate of drug-likeness (QED) is 0.598. The summed E-state index contributed by atoms with van der Waals surface area (Å²) in [6.45, 7) is 1.79. The van der Waals surface area contributed by atoms with Gasteiger partial charge in [0, 0.05) is 25.2 Å². The van der Waals surface area contributed by atoms with Gasteiger partial charge in [-0.3, -0.25) is 4.79 Å². The van der Waals surface area contributed by atoms with E-state index in [-0.39, 0.29) is 36.5 Å². The summed E-state index contributed by atoms with van der Waals surface area (Å²) in [5, 5.41) is 5.99. The molecular weight excluding hydrogens is 406 g/mol. The van der Waals surface area contributed by atoms with Crippen LogP contribution in [0.25, 0.3) is 11.0 Å². The van der Waals surface area contributed by atoms with E-state index in [1.807, 2.05) is 12.1 Å². The maximum absolute atomic E-state index is 13.8. The molecule has 1 aromatic heterocycles. The molecule has 0 bridgehead atoms. The highest BCUT2D eigenvalue weighted by molar-refractivity contribution is 5.96. The van der Waals surface area contributed by atoms with Crippen molar-refractivity contribution >= 4 is 47.4 Å². The molecule has 3 N–H and O–H groups in total. The van der Waals surface area contributed by atoms with Crippen LogP contribution >= 0.6 is 24.8 Å². The monoisotopic (exact) mass is 426 g/mol. The molecule has 0 aliphatic carbocycles. The second-order valence-electron chi connectivity index (χ2n) is 6.24. The summed E-state index contributed by atoms with van der Waals surface area (Å²) in [4.78, 5) is 19.9. The van der Waals surface area contributed by atoms with Crippen LogP contribution in [-0.4, -0.2) is 41.7 Å². The minimum atomic E-state index is -0.488. The topological polar surface area (TPSA) is 79.0 Å². The lowest BCUT2D eigenvalue weighted by atomic mass is 10.1. The fourth-order valence-electron chi connectivity index (χ4n) is 3.00. The number of ether oxygens (including phenoxy) is 1. The number of benzene rings is 2. The molecule has 4 rings (SSSR count). The van der Waals surface area contributed by atoms with Crippen LogP contribution < -0.4 is 10.6 Å². The molecule has 1 fully saturated rings.